The van der Waals surface area contributed by atoms with Crippen molar-refractivity contribution < 1.29 is 9.53 Å². The van der Waals surface area contributed by atoms with Crippen LogP contribution in [0.3, 0.4) is 0 Å². The molecule has 0 radical (unpaired) electrons. The highest BCUT2D eigenvalue weighted by Gasteiger charge is 2.22. The highest BCUT2D eigenvalue weighted by Crippen LogP contribution is 2.22. The van der Waals surface area contributed by atoms with Crippen LogP contribution in [0.2, 0.25) is 0 Å². The minimum Gasteiger partial charge on any atom is -0.368 e. The highest BCUT2D eigenvalue weighted by molar-refractivity contribution is 5.95. The zero-order valence-electron chi connectivity index (χ0n) is 11.2. The molecule has 0 aliphatic carbocycles. The summed E-state index contributed by atoms with van der Waals surface area (Å²) in [6, 6.07) is 6.11. The van der Waals surface area contributed by atoms with E-state index in [-0.39, 0.29) is 12.0 Å². The monoisotopic (exact) mass is 247 g/mol. The molecule has 1 amide bonds. The number of hydrogen-bond acceptors (Lipinski definition) is 2. The van der Waals surface area contributed by atoms with Gasteiger partial charge < -0.3 is 10.1 Å². The van der Waals surface area contributed by atoms with Gasteiger partial charge in [0.05, 0.1) is 0 Å². The number of nitrogens with one attached hydrogen (secondary N) is 1. The Labute approximate surface area is 109 Å². The van der Waals surface area contributed by atoms with Crippen molar-refractivity contribution in [3.63, 3.8) is 0 Å². The van der Waals surface area contributed by atoms with E-state index in [1.165, 1.54) is 5.56 Å². The first-order valence-electron chi connectivity index (χ1n) is 6.73. The van der Waals surface area contributed by atoms with Crippen LogP contribution in [0, 0.1) is 6.92 Å². The van der Waals surface area contributed by atoms with Gasteiger partial charge in [0, 0.05) is 12.3 Å². The number of para-hydroxylation sites is 1. The number of amides is 1. The summed E-state index contributed by atoms with van der Waals surface area (Å²) in [7, 11) is 0. The molecule has 1 unspecified atom stereocenters. The summed E-state index contributed by atoms with van der Waals surface area (Å²) in [5, 5.41) is 3.04. The normalized spacial score (nSPS) is 19.6. The zero-order valence-corrected chi connectivity index (χ0v) is 11.2. The molecule has 1 fully saturated rings. The maximum absolute atomic E-state index is 12.2. The first-order valence-corrected chi connectivity index (χ1v) is 6.73. The molecular formula is C15H21NO2. The molecule has 0 bridgehead atoms. The molecule has 1 atom stereocenters. The molecule has 2 rings (SSSR count). The summed E-state index contributed by atoms with van der Waals surface area (Å²) in [4.78, 5) is 12.2. The molecule has 3 nitrogen and oxygen atoms in total. The average molecular weight is 247 g/mol. The van der Waals surface area contributed by atoms with E-state index in [1.54, 1.807) is 0 Å². The van der Waals surface area contributed by atoms with Gasteiger partial charge in [0.25, 0.3) is 5.91 Å². The Kier molecular flexibility index (Phi) is 4.37. The van der Waals surface area contributed by atoms with Gasteiger partial charge in [0.15, 0.2) is 0 Å². The number of hydrogen-bond donors (Lipinski definition) is 1. The van der Waals surface area contributed by atoms with Gasteiger partial charge in [-0.15, -0.1) is 0 Å². The Morgan fingerprint density at radius 2 is 2.28 bits per heavy atom. The van der Waals surface area contributed by atoms with E-state index in [4.69, 9.17) is 4.74 Å². The molecule has 1 aliphatic rings. The topological polar surface area (TPSA) is 38.3 Å². The predicted molar refractivity (Wildman–Crippen MR) is 72.8 cm³/mol. The number of carbonyl (C=O) groups is 1. The number of ether oxygens (including phenoxy) is 1. The van der Waals surface area contributed by atoms with Gasteiger partial charge in [-0.05, 0) is 43.7 Å². The standard InChI is InChI=1S/C15H21NO2/c1-3-12-8-6-7-11(2)14(12)16-15(17)13-9-4-5-10-18-13/h6-8,13H,3-5,9-10H2,1-2H3,(H,16,17). The van der Waals surface area contributed by atoms with Gasteiger partial charge in [-0.1, -0.05) is 25.1 Å². The van der Waals surface area contributed by atoms with Gasteiger partial charge in [-0.2, -0.15) is 0 Å². The molecule has 98 valence electrons. The van der Waals surface area contributed by atoms with E-state index in [0.717, 1.165) is 36.9 Å². The average Bonchev–Trinajstić information content (AvgIpc) is 2.42. The minimum atomic E-state index is -0.275. The zero-order chi connectivity index (χ0) is 13.0. The van der Waals surface area contributed by atoms with Gasteiger partial charge in [-0.25, -0.2) is 0 Å². The van der Waals surface area contributed by atoms with E-state index in [2.05, 4.69) is 18.3 Å². The van der Waals surface area contributed by atoms with Gasteiger partial charge in [0.2, 0.25) is 0 Å². The maximum Gasteiger partial charge on any atom is 0.253 e. The summed E-state index contributed by atoms with van der Waals surface area (Å²) < 4.78 is 5.51. The molecular weight excluding hydrogens is 226 g/mol. The highest BCUT2D eigenvalue weighted by atomic mass is 16.5. The molecule has 0 saturated carbocycles. The lowest BCUT2D eigenvalue weighted by atomic mass is 10.0. The van der Waals surface area contributed by atoms with Crippen molar-refractivity contribution in [2.75, 3.05) is 11.9 Å². The number of rotatable bonds is 3. The molecule has 18 heavy (non-hydrogen) atoms. The molecule has 0 aromatic heterocycles. The third kappa shape index (κ3) is 2.91. The van der Waals surface area contributed by atoms with E-state index in [1.807, 2.05) is 19.1 Å². The molecule has 1 aromatic rings. The largest absolute Gasteiger partial charge is 0.368 e. The van der Waals surface area contributed by atoms with Gasteiger partial charge in [0.1, 0.15) is 6.10 Å². The van der Waals surface area contributed by atoms with E-state index in [0.29, 0.717) is 6.61 Å². The second-order valence-electron chi connectivity index (χ2n) is 4.81. The van der Waals surface area contributed by atoms with Gasteiger partial charge >= 0.3 is 0 Å². The van der Waals surface area contributed by atoms with Crippen LogP contribution < -0.4 is 5.32 Å². The van der Waals surface area contributed by atoms with Crippen LogP contribution in [-0.4, -0.2) is 18.6 Å². The summed E-state index contributed by atoms with van der Waals surface area (Å²) in [5.74, 6) is -0.00120. The molecule has 0 spiro atoms. The lowest BCUT2D eigenvalue weighted by Gasteiger charge is -2.23. The van der Waals surface area contributed by atoms with E-state index >= 15 is 0 Å². The smallest absolute Gasteiger partial charge is 0.253 e. The third-order valence-electron chi connectivity index (χ3n) is 3.46. The van der Waals surface area contributed by atoms with Crippen LogP contribution in [0.5, 0.6) is 0 Å². The lowest BCUT2D eigenvalue weighted by Crippen LogP contribution is -2.33. The Morgan fingerprint density at radius 1 is 1.44 bits per heavy atom. The molecule has 1 aromatic carbocycles. The fourth-order valence-corrected chi connectivity index (χ4v) is 2.35. The van der Waals surface area contributed by atoms with E-state index < -0.39 is 0 Å². The first kappa shape index (κ1) is 13.1. The second-order valence-corrected chi connectivity index (χ2v) is 4.81. The predicted octanol–water partition coefficient (Wildman–Crippen LogP) is 3.07. The first-order chi connectivity index (χ1) is 8.72. The molecule has 1 saturated heterocycles. The summed E-state index contributed by atoms with van der Waals surface area (Å²) >= 11 is 0. The molecule has 1 N–H and O–H groups in total. The molecule has 3 heteroatoms. The van der Waals surface area contributed by atoms with Crippen LogP contribution in [0.15, 0.2) is 18.2 Å². The lowest BCUT2D eigenvalue weighted by molar-refractivity contribution is -0.129. The fraction of sp³-hybridized carbons (Fsp3) is 0.533. The summed E-state index contributed by atoms with van der Waals surface area (Å²) in [5.41, 5.74) is 3.25. The maximum atomic E-state index is 12.2. The van der Waals surface area contributed by atoms with Crippen molar-refractivity contribution in [3.8, 4) is 0 Å². The van der Waals surface area contributed by atoms with Crippen LogP contribution in [0.1, 0.15) is 37.3 Å². The van der Waals surface area contributed by atoms with Crippen molar-refractivity contribution in [1.29, 1.82) is 0 Å². The van der Waals surface area contributed by atoms with Gasteiger partial charge in [-0.3, -0.25) is 4.79 Å². The van der Waals surface area contributed by atoms with Crippen molar-refractivity contribution in [2.24, 2.45) is 0 Å². The second kappa shape index (κ2) is 6.01. The SMILES string of the molecule is CCc1cccc(C)c1NC(=O)C1CCCCO1. The molecule has 1 aliphatic heterocycles. The third-order valence-corrected chi connectivity index (χ3v) is 3.46. The summed E-state index contributed by atoms with van der Waals surface area (Å²) in [6.45, 7) is 4.82. The quantitative estimate of drug-likeness (QED) is 0.891. The number of aryl methyl sites for hydroxylation is 2. The van der Waals surface area contributed by atoms with Crippen LogP contribution in [0.4, 0.5) is 5.69 Å². The summed E-state index contributed by atoms with van der Waals surface area (Å²) in [6.07, 6.45) is 3.62. The number of benzene rings is 1. The Bertz CT molecular complexity index is 423. The van der Waals surface area contributed by atoms with Crippen molar-refractivity contribution in [1.82, 2.24) is 0 Å². The van der Waals surface area contributed by atoms with E-state index in [9.17, 15) is 4.79 Å². The van der Waals surface area contributed by atoms with Crippen LogP contribution in [-0.2, 0) is 16.0 Å². The minimum absolute atomic E-state index is 0.00120. The van der Waals surface area contributed by atoms with Crippen LogP contribution >= 0.6 is 0 Å². The Morgan fingerprint density at radius 3 is 2.94 bits per heavy atom. The van der Waals surface area contributed by atoms with Crippen LogP contribution in [0.25, 0.3) is 0 Å². The number of carbonyl (C=O) groups excluding carboxylic acids is 1. The Hall–Kier alpha value is -1.35. The van der Waals surface area contributed by atoms with Crippen molar-refractivity contribution in [3.05, 3.63) is 29.3 Å². The Balaban J connectivity index is 2.10. The van der Waals surface area contributed by atoms with Crippen molar-refractivity contribution in [2.45, 2.75) is 45.6 Å². The number of anilines is 1. The fourth-order valence-electron chi connectivity index (χ4n) is 2.35. The van der Waals surface area contributed by atoms with Crippen molar-refractivity contribution >= 4 is 11.6 Å². The molecule has 1 heterocycles.